The van der Waals surface area contributed by atoms with Gasteiger partial charge in [-0.25, -0.2) is 9.78 Å². The minimum absolute atomic E-state index is 0.171. The Morgan fingerprint density at radius 1 is 1.18 bits per heavy atom. The Bertz CT molecular complexity index is 1540. The third-order valence-electron chi connectivity index (χ3n) is 7.27. The lowest BCUT2D eigenvalue weighted by molar-refractivity contribution is -0.129. The van der Waals surface area contributed by atoms with Crippen molar-refractivity contribution in [3.8, 4) is 17.6 Å². The molecule has 11 heteroatoms. The Balaban J connectivity index is 1.21. The highest BCUT2D eigenvalue weighted by atomic mass is 32.2. The number of amides is 4. The standard InChI is InChI=1S/C29H26N6O4S/c1-17-15-20(39-19-5-3-2-4-6-19)7-8-21(17)35-22-10-13-31-28-24(22)25(33-29(35)38)26(40-28)27(37)32-18-11-14-34(16-18)23(36)9-12-30/h2-8,10,13,15,18,25-26H,9,11,14,16H2,1H3,(H,32,37)(H,33,38)/t18?,25?,26-/m1/s1. The summed E-state index contributed by atoms with van der Waals surface area (Å²) in [6.45, 7) is 2.79. The number of thioether (sulfide) groups is 1. The molecule has 3 aliphatic rings. The molecule has 3 aliphatic heterocycles. The maximum Gasteiger partial charge on any atom is 0.327 e. The molecule has 202 valence electrons. The molecule has 0 radical (unpaired) electrons. The van der Waals surface area contributed by atoms with E-state index < -0.39 is 11.3 Å². The van der Waals surface area contributed by atoms with E-state index in [1.165, 1.54) is 11.8 Å². The van der Waals surface area contributed by atoms with Gasteiger partial charge in [0.05, 0.1) is 23.5 Å². The quantitative estimate of drug-likeness (QED) is 0.468. The second-order valence-corrected chi connectivity index (χ2v) is 11.0. The second-order valence-electron chi connectivity index (χ2n) is 9.88. The smallest absolute Gasteiger partial charge is 0.327 e. The largest absolute Gasteiger partial charge is 0.457 e. The van der Waals surface area contributed by atoms with Gasteiger partial charge in [-0.2, -0.15) is 5.26 Å². The number of hydrogen-bond donors (Lipinski definition) is 2. The number of anilines is 2. The van der Waals surface area contributed by atoms with E-state index in [2.05, 4.69) is 15.6 Å². The van der Waals surface area contributed by atoms with Gasteiger partial charge in [0.25, 0.3) is 0 Å². The third kappa shape index (κ3) is 4.71. The van der Waals surface area contributed by atoms with Crippen molar-refractivity contribution in [3.63, 3.8) is 0 Å². The molecule has 6 rings (SSSR count). The molecule has 0 aliphatic carbocycles. The van der Waals surface area contributed by atoms with Crippen LogP contribution in [0, 0.1) is 18.3 Å². The maximum absolute atomic E-state index is 13.5. The Labute approximate surface area is 235 Å². The first kappa shape index (κ1) is 25.7. The van der Waals surface area contributed by atoms with E-state index in [-0.39, 0.29) is 30.3 Å². The molecule has 1 saturated heterocycles. The molecule has 3 atom stereocenters. The molecule has 10 nitrogen and oxygen atoms in total. The van der Waals surface area contributed by atoms with E-state index in [4.69, 9.17) is 10.00 Å². The SMILES string of the molecule is Cc1cc(Oc2ccccc2)ccc1N1C(=O)NC2c3c1ccnc3S[C@H]2C(=O)NC1CCN(C(=O)CC#N)C1. The predicted octanol–water partition coefficient (Wildman–Crippen LogP) is 4.19. The van der Waals surface area contributed by atoms with E-state index in [9.17, 15) is 14.4 Å². The Morgan fingerprint density at radius 2 is 2.00 bits per heavy atom. The number of rotatable bonds is 6. The van der Waals surface area contributed by atoms with Crippen LogP contribution in [0.1, 0.15) is 30.0 Å². The molecule has 1 fully saturated rings. The number of nitrogens with zero attached hydrogens (tertiary/aromatic N) is 4. The van der Waals surface area contributed by atoms with Crippen molar-refractivity contribution in [2.45, 2.75) is 42.1 Å². The van der Waals surface area contributed by atoms with Crippen LogP contribution in [0.4, 0.5) is 16.2 Å². The van der Waals surface area contributed by atoms with E-state index in [0.29, 0.717) is 41.7 Å². The summed E-state index contributed by atoms with van der Waals surface area (Å²) in [5.74, 6) is 0.937. The summed E-state index contributed by atoms with van der Waals surface area (Å²) in [6.07, 6.45) is 2.10. The first-order chi connectivity index (χ1) is 19.4. The lowest BCUT2D eigenvalue weighted by Gasteiger charge is -2.35. The molecule has 0 spiro atoms. The summed E-state index contributed by atoms with van der Waals surface area (Å²) in [5.41, 5.74) is 3.06. The predicted molar refractivity (Wildman–Crippen MR) is 148 cm³/mol. The number of carbonyl (C=O) groups is 3. The van der Waals surface area contributed by atoms with Crippen LogP contribution in [0.15, 0.2) is 65.8 Å². The van der Waals surface area contributed by atoms with Crippen LogP contribution in [0.25, 0.3) is 0 Å². The molecule has 4 heterocycles. The maximum atomic E-state index is 13.5. The summed E-state index contributed by atoms with van der Waals surface area (Å²) in [7, 11) is 0. The van der Waals surface area contributed by atoms with Gasteiger partial charge in [-0.15, -0.1) is 0 Å². The van der Waals surface area contributed by atoms with Crippen molar-refractivity contribution in [3.05, 3.63) is 71.9 Å². The highest BCUT2D eigenvalue weighted by Gasteiger charge is 2.47. The van der Waals surface area contributed by atoms with E-state index in [1.807, 2.05) is 61.5 Å². The number of likely N-dealkylation sites (tertiary alicyclic amines) is 1. The fourth-order valence-corrected chi connectivity index (χ4v) is 6.63. The average Bonchev–Trinajstić information content (AvgIpc) is 3.56. The molecular weight excluding hydrogens is 528 g/mol. The Hall–Kier alpha value is -4.56. The van der Waals surface area contributed by atoms with Crippen molar-refractivity contribution in [2.75, 3.05) is 18.0 Å². The van der Waals surface area contributed by atoms with Gasteiger partial charge in [-0.1, -0.05) is 30.0 Å². The number of para-hydroxylation sites is 1. The fourth-order valence-electron chi connectivity index (χ4n) is 5.40. The number of nitriles is 1. The summed E-state index contributed by atoms with van der Waals surface area (Å²) in [4.78, 5) is 46.7. The molecule has 2 aromatic carbocycles. The van der Waals surface area contributed by atoms with Crippen LogP contribution >= 0.6 is 11.8 Å². The zero-order chi connectivity index (χ0) is 27.8. The van der Waals surface area contributed by atoms with Gasteiger partial charge < -0.3 is 20.3 Å². The zero-order valence-corrected chi connectivity index (χ0v) is 22.5. The number of benzene rings is 2. The molecular formula is C29H26N6O4S. The van der Waals surface area contributed by atoms with Crippen LogP contribution < -0.4 is 20.3 Å². The number of hydrogen-bond acceptors (Lipinski definition) is 7. The molecule has 4 amide bonds. The Kier molecular flexibility index (Phi) is 6.77. The second kappa shape index (κ2) is 10.5. The Morgan fingerprint density at radius 3 is 2.77 bits per heavy atom. The van der Waals surface area contributed by atoms with E-state index in [1.54, 1.807) is 22.1 Å². The summed E-state index contributed by atoms with van der Waals surface area (Å²) in [6, 6.07) is 17.7. The summed E-state index contributed by atoms with van der Waals surface area (Å²) >= 11 is 1.33. The number of ether oxygens (including phenoxy) is 1. The lowest BCUT2D eigenvalue weighted by Crippen LogP contribution is -2.50. The third-order valence-corrected chi connectivity index (χ3v) is 8.56. The zero-order valence-electron chi connectivity index (χ0n) is 21.7. The molecule has 3 aromatic rings. The summed E-state index contributed by atoms with van der Waals surface area (Å²) in [5, 5.41) is 15.0. The number of urea groups is 1. The molecule has 0 bridgehead atoms. The number of nitrogens with one attached hydrogen (secondary N) is 2. The lowest BCUT2D eigenvalue weighted by atomic mass is 9.99. The minimum Gasteiger partial charge on any atom is -0.457 e. The van der Waals surface area contributed by atoms with Crippen molar-refractivity contribution in [1.82, 2.24) is 20.5 Å². The van der Waals surface area contributed by atoms with Gasteiger partial charge in [0.1, 0.15) is 28.2 Å². The molecule has 0 saturated carbocycles. The first-order valence-corrected chi connectivity index (χ1v) is 13.9. The molecule has 40 heavy (non-hydrogen) atoms. The minimum atomic E-state index is -0.596. The first-order valence-electron chi connectivity index (χ1n) is 13.0. The van der Waals surface area contributed by atoms with Crippen LogP contribution in [0.3, 0.4) is 0 Å². The normalized spacial score (nSPS) is 20.9. The van der Waals surface area contributed by atoms with E-state index in [0.717, 1.165) is 16.9 Å². The van der Waals surface area contributed by atoms with Gasteiger partial charge in [0, 0.05) is 30.9 Å². The van der Waals surface area contributed by atoms with Gasteiger partial charge in [-0.05, 0) is 55.3 Å². The number of aryl methyl sites for hydroxylation is 1. The topological polar surface area (TPSA) is 128 Å². The number of carbonyl (C=O) groups excluding carboxylic acids is 3. The van der Waals surface area contributed by atoms with Crippen molar-refractivity contribution in [2.24, 2.45) is 0 Å². The fraction of sp³-hybridized carbons (Fsp3) is 0.276. The molecule has 1 aromatic heterocycles. The van der Waals surface area contributed by atoms with Gasteiger partial charge >= 0.3 is 6.03 Å². The van der Waals surface area contributed by atoms with Gasteiger partial charge in [0.15, 0.2) is 0 Å². The average molecular weight is 555 g/mol. The highest BCUT2D eigenvalue weighted by Crippen LogP contribution is 2.51. The van der Waals surface area contributed by atoms with Crippen molar-refractivity contribution < 1.29 is 19.1 Å². The number of aromatic nitrogens is 1. The van der Waals surface area contributed by atoms with Crippen molar-refractivity contribution >= 4 is 41.0 Å². The van der Waals surface area contributed by atoms with Crippen LogP contribution in [0.5, 0.6) is 11.5 Å². The van der Waals surface area contributed by atoms with Gasteiger partial charge in [0.2, 0.25) is 11.8 Å². The van der Waals surface area contributed by atoms with Crippen LogP contribution in [0.2, 0.25) is 0 Å². The van der Waals surface area contributed by atoms with Crippen LogP contribution in [-0.4, -0.2) is 52.1 Å². The molecule has 2 N–H and O–H groups in total. The van der Waals surface area contributed by atoms with Crippen LogP contribution in [-0.2, 0) is 9.59 Å². The monoisotopic (exact) mass is 554 g/mol. The molecule has 2 unspecified atom stereocenters. The number of pyridine rings is 1. The van der Waals surface area contributed by atoms with Crippen molar-refractivity contribution in [1.29, 1.82) is 5.26 Å². The highest BCUT2D eigenvalue weighted by molar-refractivity contribution is 8.01. The summed E-state index contributed by atoms with van der Waals surface area (Å²) < 4.78 is 5.96. The van der Waals surface area contributed by atoms with Gasteiger partial charge in [-0.3, -0.25) is 14.5 Å². The van der Waals surface area contributed by atoms with E-state index >= 15 is 0 Å².